The van der Waals surface area contributed by atoms with Crippen LogP contribution < -0.4 is 5.32 Å². The van der Waals surface area contributed by atoms with Gasteiger partial charge < -0.3 is 10.1 Å². The first kappa shape index (κ1) is 13.1. The number of rotatable bonds is 7. The van der Waals surface area contributed by atoms with E-state index >= 15 is 0 Å². The second kappa shape index (κ2) is 6.55. The zero-order valence-electron chi connectivity index (χ0n) is 10.6. The molecule has 2 N–H and O–H groups in total. The Bertz CT molecular complexity index is 501. The van der Waals surface area contributed by atoms with Gasteiger partial charge >= 0.3 is 0 Å². The van der Waals surface area contributed by atoms with E-state index in [9.17, 15) is 0 Å². The number of ether oxygens (including phenoxy) is 1. The molecule has 0 saturated carbocycles. The minimum absolute atomic E-state index is 0.760. The van der Waals surface area contributed by atoms with Gasteiger partial charge in [0, 0.05) is 19.8 Å². The van der Waals surface area contributed by atoms with Gasteiger partial charge in [-0.2, -0.15) is 5.10 Å². The molecule has 2 aromatic heterocycles. The third-order valence-electron chi connectivity index (χ3n) is 2.48. The third-order valence-corrected chi connectivity index (χ3v) is 3.16. The van der Waals surface area contributed by atoms with Gasteiger partial charge in [-0.05, 0) is 19.6 Å². The Morgan fingerprint density at radius 1 is 1.44 bits per heavy atom. The Hall–Kier alpha value is -1.34. The summed E-state index contributed by atoms with van der Waals surface area (Å²) in [6.45, 7) is 4.34. The van der Waals surface area contributed by atoms with Gasteiger partial charge in [-0.25, -0.2) is 9.97 Å². The fraction of sp³-hybridized carbons (Fsp3) is 0.545. The van der Waals surface area contributed by atoms with Gasteiger partial charge in [0.1, 0.15) is 17.2 Å². The first-order valence-electron chi connectivity index (χ1n) is 5.91. The van der Waals surface area contributed by atoms with E-state index in [0.29, 0.717) is 0 Å². The van der Waals surface area contributed by atoms with Gasteiger partial charge in [-0.15, -0.1) is 11.8 Å². The third kappa shape index (κ3) is 2.91. The van der Waals surface area contributed by atoms with E-state index in [2.05, 4.69) is 25.5 Å². The molecule has 0 aromatic carbocycles. The highest BCUT2D eigenvalue weighted by molar-refractivity contribution is 7.98. The quantitative estimate of drug-likeness (QED) is 0.589. The SMILES string of the molecule is CCOCCCNc1ncnc2[nH]nc(SC)c12. The fourth-order valence-electron chi connectivity index (χ4n) is 1.64. The van der Waals surface area contributed by atoms with Crippen molar-refractivity contribution in [2.45, 2.75) is 18.4 Å². The molecule has 0 amide bonds. The minimum atomic E-state index is 0.760. The lowest BCUT2D eigenvalue weighted by molar-refractivity contribution is 0.147. The van der Waals surface area contributed by atoms with Crippen LogP contribution in [0.15, 0.2) is 11.4 Å². The molecule has 0 aliphatic rings. The van der Waals surface area contributed by atoms with Crippen LogP contribution in [0.1, 0.15) is 13.3 Å². The maximum absolute atomic E-state index is 5.29. The Morgan fingerprint density at radius 3 is 3.11 bits per heavy atom. The predicted molar refractivity (Wildman–Crippen MR) is 73.1 cm³/mol. The van der Waals surface area contributed by atoms with Crippen molar-refractivity contribution in [3.05, 3.63) is 6.33 Å². The number of thioether (sulfide) groups is 1. The van der Waals surface area contributed by atoms with Crippen molar-refractivity contribution in [1.82, 2.24) is 20.2 Å². The summed E-state index contributed by atoms with van der Waals surface area (Å²) in [6, 6.07) is 0. The molecule has 0 aliphatic carbocycles. The fourth-order valence-corrected chi connectivity index (χ4v) is 2.17. The van der Waals surface area contributed by atoms with Crippen molar-refractivity contribution >= 4 is 28.6 Å². The number of anilines is 1. The Labute approximate surface area is 110 Å². The maximum Gasteiger partial charge on any atom is 0.161 e. The molecule has 0 aliphatic heterocycles. The molecule has 2 heterocycles. The molecule has 0 unspecified atom stereocenters. The van der Waals surface area contributed by atoms with Crippen LogP contribution in [0.3, 0.4) is 0 Å². The van der Waals surface area contributed by atoms with Crippen LogP contribution in [0, 0.1) is 0 Å². The van der Waals surface area contributed by atoms with Crippen molar-refractivity contribution in [3.63, 3.8) is 0 Å². The average molecular weight is 267 g/mol. The van der Waals surface area contributed by atoms with E-state index in [-0.39, 0.29) is 0 Å². The normalized spacial score (nSPS) is 11.0. The van der Waals surface area contributed by atoms with Crippen LogP contribution in [-0.2, 0) is 4.74 Å². The lowest BCUT2D eigenvalue weighted by Gasteiger charge is -2.06. The number of hydrogen-bond acceptors (Lipinski definition) is 6. The molecule has 2 aromatic rings. The van der Waals surface area contributed by atoms with E-state index in [1.165, 1.54) is 6.33 Å². The van der Waals surface area contributed by atoms with Crippen LogP contribution in [-0.4, -0.2) is 46.2 Å². The average Bonchev–Trinajstić information content (AvgIpc) is 2.82. The van der Waals surface area contributed by atoms with E-state index in [0.717, 1.165) is 48.1 Å². The maximum atomic E-state index is 5.29. The van der Waals surface area contributed by atoms with Gasteiger partial charge in [-0.1, -0.05) is 0 Å². The van der Waals surface area contributed by atoms with Gasteiger partial charge in [0.2, 0.25) is 0 Å². The number of hydrogen-bond donors (Lipinski definition) is 2. The summed E-state index contributed by atoms with van der Waals surface area (Å²) in [7, 11) is 0. The van der Waals surface area contributed by atoms with Crippen molar-refractivity contribution in [1.29, 1.82) is 0 Å². The van der Waals surface area contributed by atoms with E-state index in [1.807, 2.05) is 13.2 Å². The van der Waals surface area contributed by atoms with Crippen LogP contribution in [0.25, 0.3) is 11.0 Å². The molecule has 0 fully saturated rings. The topological polar surface area (TPSA) is 75.7 Å². The van der Waals surface area contributed by atoms with Crippen LogP contribution in [0.4, 0.5) is 5.82 Å². The summed E-state index contributed by atoms with van der Waals surface area (Å²) in [4.78, 5) is 8.43. The molecule has 6 nitrogen and oxygen atoms in total. The van der Waals surface area contributed by atoms with Crippen LogP contribution in [0.2, 0.25) is 0 Å². The second-order valence-corrected chi connectivity index (χ2v) is 4.45. The lowest BCUT2D eigenvalue weighted by Crippen LogP contribution is -2.07. The zero-order chi connectivity index (χ0) is 12.8. The first-order chi connectivity index (χ1) is 8.86. The van der Waals surface area contributed by atoms with Gasteiger partial charge in [0.05, 0.1) is 5.39 Å². The summed E-state index contributed by atoms with van der Waals surface area (Å²) < 4.78 is 5.29. The molecule has 0 radical (unpaired) electrons. The molecule has 98 valence electrons. The number of nitrogens with one attached hydrogen (secondary N) is 2. The first-order valence-corrected chi connectivity index (χ1v) is 7.14. The van der Waals surface area contributed by atoms with E-state index in [1.54, 1.807) is 11.8 Å². The number of fused-ring (bicyclic) bond motifs is 1. The van der Waals surface area contributed by atoms with Gasteiger partial charge in [0.25, 0.3) is 0 Å². The predicted octanol–water partition coefficient (Wildman–Crippen LogP) is 1.91. The highest BCUT2D eigenvalue weighted by atomic mass is 32.2. The lowest BCUT2D eigenvalue weighted by atomic mass is 10.3. The van der Waals surface area contributed by atoms with Crippen LogP contribution in [0.5, 0.6) is 0 Å². The highest BCUT2D eigenvalue weighted by Gasteiger charge is 2.11. The Balaban J connectivity index is 2.05. The molecule has 0 spiro atoms. The van der Waals surface area contributed by atoms with Crippen molar-refractivity contribution in [2.24, 2.45) is 0 Å². The molecule has 7 heteroatoms. The number of aromatic amines is 1. The van der Waals surface area contributed by atoms with Gasteiger partial charge in [-0.3, -0.25) is 5.10 Å². The molecular formula is C11H17N5OS. The highest BCUT2D eigenvalue weighted by Crippen LogP contribution is 2.27. The number of H-pyrrole nitrogens is 1. The summed E-state index contributed by atoms with van der Waals surface area (Å²) in [5.41, 5.74) is 0.765. The monoisotopic (exact) mass is 267 g/mol. The zero-order valence-corrected chi connectivity index (χ0v) is 11.4. The van der Waals surface area contributed by atoms with Gasteiger partial charge in [0.15, 0.2) is 5.65 Å². The Kier molecular flexibility index (Phi) is 4.77. The number of aromatic nitrogens is 4. The van der Waals surface area contributed by atoms with Crippen molar-refractivity contribution in [3.8, 4) is 0 Å². The van der Waals surface area contributed by atoms with Crippen molar-refractivity contribution in [2.75, 3.05) is 31.3 Å². The molecule has 18 heavy (non-hydrogen) atoms. The molecular weight excluding hydrogens is 250 g/mol. The summed E-state index contributed by atoms with van der Waals surface area (Å²) in [6.07, 6.45) is 4.47. The van der Waals surface area contributed by atoms with E-state index < -0.39 is 0 Å². The summed E-state index contributed by atoms with van der Waals surface area (Å²) in [5.74, 6) is 0.828. The smallest absolute Gasteiger partial charge is 0.161 e. The summed E-state index contributed by atoms with van der Waals surface area (Å²) >= 11 is 1.58. The largest absolute Gasteiger partial charge is 0.382 e. The minimum Gasteiger partial charge on any atom is -0.382 e. The standard InChI is InChI=1S/C11H17N5OS/c1-3-17-6-4-5-12-9-8-10(14-7-13-9)15-16-11(8)18-2/h7H,3-6H2,1-2H3,(H2,12,13,14,15,16). The van der Waals surface area contributed by atoms with Crippen molar-refractivity contribution < 1.29 is 4.74 Å². The molecule has 0 atom stereocenters. The van der Waals surface area contributed by atoms with Crippen LogP contribution >= 0.6 is 11.8 Å². The molecule has 0 bridgehead atoms. The molecule has 0 saturated heterocycles. The second-order valence-electron chi connectivity index (χ2n) is 3.66. The number of nitrogens with zero attached hydrogens (tertiary/aromatic N) is 3. The Morgan fingerprint density at radius 2 is 2.33 bits per heavy atom. The van der Waals surface area contributed by atoms with E-state index in [4.69, 9.17) is 4.74 Å². The summed E-state index contributed by atoms with van der Waals surface area (Å²) in [5, 5.41) is 12.3. The molecule has 2 rings (SSSR count).